The third kappa shape index (κ3) is 3.42. The van der Waals surface area contributed by atoms with Crippen molar-refractivity contribution in [2.75, 3.05) is 13.1 Å². The molecule has 1 saturated heterocycles. The van der Waals surface area contributed by atoms with Crippen molar-refractivity contribution in [3.63, 3.8) is 0 Å². The first-order chi connectivity index (χ1) is 8.16. The van der Waals surface area contributed by atoms with Crippen molar-refractivity contribution in [3.05, 3.63) is 33.4 Å². The number of rotatable bonds is 2. The van der Waals surface area contributed by atoms with Crippen LogP contribution in [0.15, 0.2) is 24.3 Å². The van der Waals surface area contributed by atoms with Crippen LogP contribution in [0, 0.1) is 9.49 Å². The molecule has 1 aliphatic rings. The van der Waals surface area contributed by atoms with Gasteiger partial charge >= 0.3 is 0 Å². The first kappa shape index (κ1) is 12.8. The summed E-state index contributed by atoms with van der Waals surface area (Å²) in [6.45, 7) is 4.12. The summed E-state index contributed by atoms with van der Waals surface area (Å²) in [4.78, 5) is 12.0. The van der Waals surface area contributed by atoms with Gasteiger partial charge in [-0.3, -0.25) is 4.79 Å². The quantitative estimate of drug-likeness (QED) is 0.806. The van der Waals surface area contributed by atoms with E-state index in [9.17, 15) is 4.79 Å². The highest BCUT2D eigenvalue weighted by Gasteiger charge is 2.22. The van der Waals surface area contributed by atoms with Crippen molar-refractivity contribution in [2.24, 2.45) is 5.92 Å². The molecular weight excluding hydrogens is 327 g/mol. The average molecular weight is 344 g/mol. The molecular formula is C13H17IN2O. The minimum atomic E-state index is 0.0296. The van der Waals surface area contributed by atoms with Crippen LogP contribution in [0.2, 0.25) is 0 Å². The lowest BCUT2D eigenvalue weighted by atomic mass is 9.94. The molecule has 1 amide bonds. The number of benzene rings is 1. The predicted molar refractivity (Wildman–Crippen MR) is 77.1 cm³/mol. The molecule has 0 radical (unpaired) electrons. The second kappa shape index (κ2) is 5.82. The number of piperidine rings is 1. The van der Waals surface area contributed by atoms with E-state index in [1.54, 1.807) is 0 Å². The second-order valence-electron chi connectivity index (χ2n) is 4.56. The number of amides is 1. The van der Waals surface area contributed by atoms with E-state index in [0.29, 0.717) is 5.92 Å². The molecule has 2 atom stereocenters. The molecule has 92 valence electrons. The first-order valence-electron chi connectivity index (χ1n) is 5.94. The lowest BCUT2D eigenvalue weighted by molar-refractivity contribution is 0.0915. The summed E-state index contributed by atoms with van der Waals surface area (Å²) < 4.78 is 1.15. The van der Waals surface area contributed by atoms with E-state index >= 15 is 0 Å². The molecule has 1 aliphatic heterocycles. The molecule has 2 rings (SSSR count). The molecule has 3 nitrogen and oxygen atoms in total. The summed E-state index contributed by atoms with van der Waals surface area (Å²) in [7, 11) is 0. The Morgan fingerprint density at radius 3 is 2.76 bits per heavy atom. The highest BCUT2D eigenvalue weighted by Crippen LogP contribution is 2.12. The Kier molecular flexibility index (Phi) is 4.39. The zero-order chi connectivity index (χ0) is 12.3. The number of carbonyl (C=O) groups excluding carboxylic acids is 1. The molecule has 0 aromatic heterocycles. The number of nitrogens with one attached hydrogen (secondary N) is 2. The van der Waals surface area contributed by atoms with E-state index in [4.69, 9.17) is 0 Å². The van der Waals surface area contributed by atoms with Crippen LogP contribution in [0.1, 0.15) is 23.7 Å². The molecule has 0 saturated carbocycles. The fraction of sp³-hybridized carbons (Fsp3) is 0.462. The van der Waals surface area contributed by atoms with E-state index in [1.807, 2.05) is 24.3 Å². The van der Waals surface area contributed by atoms with Crippen LogP contribution in [0.4, 0.5) is 0 Å². The lowest BCUT2D eigenvalue weighted by Gasteiger charge is -2.30. The fourth-order valence-corrected chi connectivity index (χ4v) is 2.40. The van der Waals surface area contributed by atoms with Crippen LogP contribution in [0.5, 0.6) is 0 Å². The van der Waals surface area contributed by atoms with Gasteiger partial charge in [-0.15, -0.1) is 0 Å². The van der Waals surface area contributed by atoms with Gasteiger partial charge in [-0.05, 0) is 65.7 Å². The summed E-state index contributed by atoms with van der Waals surface area (Å²) in [5.41, 5.74) is 0.739. The molecule has 17 heavy (non-hydrogen) atoms. The highest BCUT2D eigenvalue weighted by atomic mass is 127. The minimum absolute atomic E-state index is 0.0296. The van der Waals surface area contributed by atoms with Crippen molar-refractivity contribution in [3.8, 4) is 0 Å². The molecule has 4 heteroatoms. The summed E-state index contributed by atoms with van der Waals surface area (Å²) in [6, 6.07) is 7.90. The Labute approximate surface area is 116 Å². The summed E-state index contributed by atoms with van der Waals surface area (Å²) >= 11 is 2.24. The smallest absolute Gasteiger partial charge is 0.251 e. The highest BCUT2D eigenvalue weighted by molar-refractivity contribution is 14.1. The Hall–Kier alpha value is -0.620. The van der Waals surface area contributed by atoms with Crippen molar-refractivity contribution >= 4 is 28.5 Å². The van der Waals surface area contributed by atoms with Gasteiger partial charge in [0, 0.05) is 21.7 Å². The maximum atomic E-state index is 12.0. The third-order valence-electron chi connectivity index (χ3n) is 3.25. The maximum absolute atomic E-state index is 12.0. The number of hydrogen-bond donors (Lipinski definition) is 2. The van der Waals surface area contributed by atoms with Gasteiger partial charge in [-0.25, -0.2) is 0 Å². The molecule has 2 N–H and O–H groups in total. The van der Waals surface area contributed by atoms with Crippen LogP contribution in [-0.4, -0.2) is 25.0 Å². The minimum Gasteiger partial charge on any atom is -0.348 e. The molecule has 1 aromatic carbocycles. The number of carbonyl (C=O) groups is 1. The topological polar surface area (TPSA) is 41.1 Å². The monoisotopic (exact) mass is 344 g/mol. The SMILES string of the molecule is CC1CCNCC1NC(=O)c1ccc(I)cc1. The Balaban J connectivity index is 1.98. The summed E-state index contributed by atoms with van der Waals surface area (Å²) in [5.74, 6) is 0.575. The van der Waals surface area contributed by atoms with Crippen LogP contribution >= 0.6 is 22.6 Å². The molecule has 0 spiro atoms. The van der Waals surface area contributed by atoms with Gasteiger partial charge in [0.2, 0.25) is 0 Å². The van der Waals surface area contributed by atoms with Crippen LogP contribution in [0.25, 0.3) is 0 Å². The van der Waals surface area contributed by atoms with Gasteiger partial charge in [0.05, 0.1) is 0 Å². The Bertz CT molecular complexity index is 391. The maximum Gasteiger partial charge on any atom is 0.251 e. The second-order valence-corrected chi connectivity index (χ2v) is 5.80. The molecule has 2 unspecified atom stereocenters. The molecule has 0 aliphatic carbocycles. The standard InChI is InChI=1S/C13H17IN2O/c1-9-6-7-15-8-12(9)16-13(17)10-2-4-11(14)5-3-10/h2-5,9,12,15H,6-8H2,1H3,(H,16,17). The third-order valence-corrected chi connectivity index (χ3v) is 3.97. The van der Waals surface area contributed by atoms with Crippen molar-refractivity contribution < 1.29 is 4.79 Å². The average Bonchev–Trinajstić information content (AvgIpc) is 2.33. The Morgan fingerprint density at radius 2 is 2.12 bits per heavy atom. The molecule has 1 heterocycles. The first-order valence-corrected chi connectivity index (χ1v) is 7.02. The van der Waals surface area contributed by atoms with Gasteiger partial charge in [0.1, 0.15) is 0 Å². The van der Waals surface area contributed by atoms with Gasteiger partial charge in [0.25, 0.3) is 5.91 Å². The van der Waals surface area contributed by atoms with Crippen LogP contribution in [-0.2, 0) is 0 Å². The zero-order valence-corrected chi connectivity index (χ0v) is 12.0. The summed E-state index contributed by atoms with van der Waals surface area (Å²) in [6.07, 6.45) is 1.12. The van der Waals surface area contributed by atoms with E-state index in [1.165, 1.54) is 0 Å². The molecule has 1 fully saturated rings. The van der Waals surface area contributed by atoms with Gasteiger partial charge < -0.3 is 10.6 Å². The Morgan fingerprint density at radius 1 is 1.41 bits per heavy atom. The van der Waals surface area contributed by atoms with Gasteiger partial charge in [-0.2, -0.15) is 0 Å². The normalized spacial score (nSPS) is 24.4. The van der Waals surface area contributed by atoms with Crippen molar-refractivity contribution in [2.45, 2.75) is 19.4 Å². The number of hydrogen-bond acceptors (Lipinski definition) is 2. The van der Waals surface area contributed by atoms with Crippen molar-refractivity contribution in [1.82, 2.24) is 10.6 Å². The van der Waals surface area contributed by atoms with E-state index in [0.717, 1.165) is 28.6 Å². The van der Waals surface area contributed by atoms with Crippen LogP contribution < -0.4 is 10.6 Å². The largest absolute Gasteiger partial charge is 0.348 e. The molecule has 0 bridgehead atoms. The van der Waals surface area contributed by atoms with Gasteiger partial charge in [-0.1, -0.05) is 6.92 Å². The number of halogens is 1. The summed E-state index contributed by atoms with van der Waals surface area (Å²) in [5, 5.41) is 6.42. The van der Waals surface area contributed by atoms with E-state index in [2.05, 4.69) is 40.1 Å². The van der Waals surface area contributed by atoms with Crippen molar-refractivity contribution in [1.29, 1.82) is 0 Å². The predicted octanol–water partition coefficient (Wildman–Crippen LogP) is 2.02. The van der Waals surface area contributed by atoms with Gasteiger partial charge in [0.15, 0.2) is 0 Å². The van der Waals surface area contributed by atoms with Crippen LogP contribution in [0.3, 0.4) is 0 Å². The van der Waals surface area contributed by atoms with E-state index < -0.39 is 0 Å². The zero-order valence-electron chi connectivity index (χ0n) is 9.87. The van der Waals surface area contributed by atoms with E-state index in [-0.39, 0.29) is 11.9 Å². The fourth-order valence-electron chi connectivity index (χ4n) is 2.04. The lowest BCUT2D eigenvalue weighted by Crippen LogP contribution is -2.50. The molecule has 1 aromatic rings.